The second-order valence-corrected chi connectivity index (χ2v) is 6.31. The third kappa shape index (κ3) is 3.14. The van der Waals surface area contributed by atoms with Crippen LogP contribution >= 0.6 is 0 Å². The van der Waals surface area contributed by atoms with Gasteiger partial charge in [-0.3, -0.25) is 4.98 Å². The highest BCUT2D eigenvalue weighted by Gasteiger charge is 2.33. The van der Waals surface area contributed by atoms with Crippen LogP contribution in [-0.2, 0) is 9.47 Å². The van der Waals surface area contributed by atoms with E-state index in [-0.39, 0.29) is 11.4 Å². The van der Waals surface area contributed by atoms with Gasteiger partial charge in [0.1, 0.15) is 11.3 Å². The molecule has 1 aromatic heterocycles. The molecule has 0 spiro atoms. The van der Waals surface area contributed by atoms with Crippen molar-refractivity contribution in [1.82, 2.24) is 4.98 Å². The summed E-state index contributed by atoms with van der Waals surface area (Å²) in [6, 6.07) is 5.61. The van der Waals surface area contributed by atoms with Crippen molar-refractivity contribution < 1.29 is 19.0 Å². The van der Waals surface area contributed by atoms with Gasteiger partial charge in [0.2, 0.25) is 0 Å². The molecule has 2 heterocycles. The average Bonchev–Trinajstić information content (AvgIpc) is 2.57. The third-order valence-electron chi connectivity index (χ3n) is 4.16. The normalized spacial score (nSPS) is 15.6. The fourth-order valence-corrected chi connectivity index (χ4v) is 2.71. The van der Waals surface area contributed by atoms with Gasteiger partial charge < -0.3 is 19.5 Å². The number of methoxy groups -OCH3 is 1. The topological polar surface area (TPSA) is 69.7 Å². The first kappa shape index (κ1) is 16.5. The van der Waals surface area contributed by atoms with Crippen LogP contribution in [0, 0.1) is 5.41 Å². The lowest BCUT2D eigenvalue weighted by atomic mass is 9.88. The Hall–Kier alpha value is -2.34. The molecule has 0 amide bonds. The summed E-state index contributed by atoms with van der Waals surface area (Å²) >= 11 is 0. The number of hydrogen-bond acceptors (Lipinski definition) is 6. The van der Waals surface area contributed by atoms with Crippen LogP contribution in [0.15, 0.2) is 24.4 Å². The van der Waals surface area contributed by atoms with Crippen LogP contribution in [0.1, 0.15) is 24.2 Å². The predicted octanol–water partition coefficient (Wildman–Crippen LogP) is 2.87. The highest BCUT2D eigenvalue weighted by molar-refractivity contribution is 6.05. The van der Waals surface area contributed by atoms with Gasteiger partial charge >= 0.3 is 5.97 Å². The molecule has 1 N–H and O–H groups in total. The van der Waals surface area contributed by atoms with Gasteiger partial charge in [-0.05, 0) is 25.1 Å². The Labute approximate surface area is 141 Å². The zero-order valence-corrected chi connectivity index (χ0v) is 14.2. The lowest BCUT2D eigenvalue weighted by Crippen LogP contribution is -2.45. The number of pyridine rings is 1. The van der Waals surface area contributed by atoms with Crippen molar-refractivity contribution in [3.8, 4) is 5.75 Å². The molecule has 1 aliphatic rings. The van der Waals surface area contributed by atoms with Gasteiger partial charge in [0.15, 0.2) is 0 Å². The van der Waals surface area contributed by atoms with Crippen LogP contribution in [0.3, 0.4) is 0 Å². The van der Waals surface area contributed by atoms with E-state index in [9.17, 15) is 4.79 Å². The first-order chi connectivity index (χ1) is 11.6. The Bertz CT molecular complexity index is 756. The van der Waals surface area contributed by atoms with Crippen molar-refractivity contribution >= 4 is 22.6 Å². The highest BCUT2D eigenvalue weighted by Crippen LogP contribution is 2.32. The van der Waals surface area contributed by atoms with Gasteiger partial charge in [0.25, 0.3) is 0 Å². The molecular weight excluding hydrogens is 308 g/mol. The molecule has 6 heteroatoms. The van der Waals surface area contributed by atoms with E-state index in [0.29, 0.717) is 37.7 Å². The second-order valence-electron chi connectivity index (χ2n) is 6.31. The van der Waals surface area contributed by atoms with Crippen molar-refractivity contribution in [3.05, 3.63) is 30.0 Å². The van der Waals surface area contributed by atoms with Crippen LogP contribution < -0.4 is 10.1 Å². The molecule has 3 rings (SSSR count). The lowest BCUT2D eigenvalue weighted by molar-refractivity contribution is -0.0924. The summed E-state index contributed by atoms with van der Waals surface area (Å²) in [5.41, 5.74) is 2.02. The largest absolute Gasteiger partial charge is 0.497 e. The summed E-state index contributed by atoms with van der Waals surface area (Å²) in [5, 5.41) is 4.25. The fourth-order valence-electron chi connectivity index (χ4n) is 2.71. The van der Waals surface area contributed by atoms with Crippen molar-refractivity contribution in [1.29, 1.82) is 0 Å². The number of aromatic nitrogens is 1. The standard InChI is InChI=1S/C18H22N2O4/c1-4-24-17(21)14-8-19-15-6-5-12(22-3)7-13(15)16(14)20-9-18(2)10-23-11-18/h5-8H,4,9-11H2,1-3H3,(H,19,20). The van der Waals surface area contributed by atoms with Gasteiger partial charge in [0.05, 0.1) is 38.1 Å². The van der Waals surface area contributed by atoms with E-state index in [1.54, 1.807) is 20.2 Å². The maximum atomic E-state index is 12.3. The fraction of sp³-hybridized carbons (Fsp3) is 0.444. The van der Waals surface area contributed by atoms with Crippen molar-refractivity contribution in [2.75, 3.05) is 38.8 Å². The Balaban J connectivity index is 2.04. The Kier molecular flexibility index (Phi) is 4.57. The van der Waals surface area contributed by atoms with Crippen LogP contribution in [0.4, 0.5) is 5.69 Å². The van der Waals surface area contributed by atoms with E-state index in [4.69, 9.17) is 14.2 Å². The van der Waals surface area contributed by atoms with E-state index in [0.717, 1.165) is 16.6 Å². The van der Waals surface area contributed by atoms with Crippen LogP contribution in [0.25, 0.3) is 10.9 Å². The number of ether oxygens (including phenoxy) is 3. The van der Waals surface area contributed by atoms with Crippen molar-refractivity contribution in [3.63, 3.8) is 0 Å². The summed E-state index contributed by atoms with van der Waals surface area (Å²) < 4.78 is 15.8. The number of carbonyl (C=O) groups is 1. The van der Waals surface area contributed by atoms with Gasteiger partial charge in [-0.1, -0.05) is 6.92 Å². The molecule has 128 valence electrons. The Morgan fingerprint density at radius 2 is 2.21 bits per heavy atom. The number of nitrogens with one attached hydrogen (secondary N) is 1. The van der Waals surface area contributed by atoms with Gasteiger partial charge in [0, 0.05) is 23.5 Å². The Morgan fingerprint density at radius 3 is 2.83 bits per heavy atom. The quantitative estimate of drug-likeness (QED) is 0.821. The number of fused-ring (bicyclic) bond motifs is 1. The highest BCUT2D eigenvalue weighted by atomic mass is 16.5. The molecule has 1 aromatic carbocycles. The number of esters is 1. The van der Waals surface area contributed by atoms with Crippen LogP contribution in [0.5, 0.6) is 5.75 Å². The average molecular weight is 330 g/mol. The van der Waals surface area contributed by atoms with E-state index in [2.05, 4.69) is 17.2 Å². The summed E-state index contributed by atoms with van der Waals surface area (Å²) in [4.78, 5) is 16.7. The summed E-state index contributed by atoms with van der Waals surface area (Å²) in [6.45, 7) is 6.38. The maximum absolute atomic E-state index is 12.3. The predicted molar refractivity (Wildman–Crippen MR) is 91.7 cm³/mol. The van der Waals surface area contributed by atoms with E-state index in [1.807, 2.05) is 18.2 Å². The first-order valence-corrected chi connectivity index (χ1v) is 8.02. The van der Waals surface area contributed by atoms with Crippen LogP contribution in [-0.4, -0.2) is 44.4 Å². The molecular formula is C18H22N2O4. The van der Waals surface area contributed by atoms with Gasteiger partial charge in [-0.25, -0.2) is 4.79 Å². The molecule has 6 nitrogen and oxygen atoms in total. The van der Waals surface area contributed by atoms with Gasteiger partial charge in [-0.15, -0.1) is 0 Å². The molecule has 0 unspecified atom stereocenters. The van der Waals surface area contributed by atoms with Crippen molar-refractivity contribution in [2.45, 2.75) is 13.8 Å². The van der Waals surface area contributed by atoms with Gasteiger partial charge in [-0.2, -0.15) is 0 Å². The number of benzene rings is 1. The molecule has 1 fully saturated rings. The Morgan fingerprint density at radius 1 is 1.42 bits per heavy atom. The first-order valence-electron chi connectivity index (χ1n) is 8.02. The molecule has 0 saturated carbocycles. The van der Waals surface area contributed by atoms with E-state index < -0.39 is 0 Å². The minimum absolute atomic E-state index is 0.0698. The molecule has 0 bridgehead atoms. The van der Waals surface area contributed by atoms with Crippen LogP contribution in [0.2, 0.25) is 0 Å². The molecule has 1 saturated heterocycles. The number of anilines is 1. The molecule has 0 atom stereocenters. The minimum atomic E-state index is -0.382. The number of hydrogen-bond donors (Lipinski definition) is 1. The monoisotopic (exact) mass is 330 g/mol. The zero-order chi connectivity index (χ0) is 17.2. The number of carbonyl (C=O) groups excluding carboxylic acids is 1. The van der Waals surface area contributed by atoms with E-state index >= 15 is 0 Å². The molecule has 0 radical (unpaired) electrons. The zero-order valence-electron chi connectivity index (χ0n) is 14.2. The molecule has 24 heavy (non-hydrogen) atoms. The molecule has 1 aliphatic heterocycles. The van der Waals surface area contributed by atoms with Crippen molar-refractivity contribution in [2.24, 2.45) is 5.41 Å². The maximum Gasteiger partial charge on any atom is 0.341 e. The summed E-state index contributed by atoms with van der Waals surface area (Å²) in [6.07, 6.45) is 1.56. The SMILES string of the molecule is CCOC(=O)c1cnc2ccc(OC)cc2c1NCC1(C)COC1. The lowest BCUT2D eigenvalue weighted by Gasteiger charge is -2.38. The third-order valence-corrected chi connectivity index (χ3v) is 4.16. The minimum Gasteiger partial charge on any atom is -0.497 e. The summed E-state index contributed by atoms with van der Waals surface area (Å²) in [5.74, 6) is 0.332. The molecule has 2 aromatic rings. The van der Waals surface area contributed by atoms with E-state index in [1.165, 1.54) is 0 Å². The second kappa shape index (κ2) is 6.65. The smallest absolute Gasteiger partial charge is 0.341 e. The molecule has 0 aliphatic carbocycles. The summed E-state index contributed by atoms with van der Waals surface area (Å²) in [7, 11) is 1.61. The number of rotatable bonds is 6. The number of nitrogens with zero attached hydrogens (tertiary/aromatic N) is 1.